The van der Waals surface area contributed by atoms with Crippen molar-refractivity contribution in [1.29, 1.82) is 5.26 Å². The fourth-order valence-electron chi connectivity index (χ4n) is 2.24. The second-order valence-corrected chi connectivity index (χ2v) is 4.64. The van der Waals surface area contributed by atoms with Gasteiger partial charge in [0.15, 0.2) is 0 Å². The lowest BCUT2D eigenvalue weighted by Gasteiger charge is -1.99. The van der Waals surface area contributed by atoms with Gasteiger partial charge in [0.1, 0.15) is 6.07 Å². The molecule has 0 fully saturated rings. The van der Waals surface area contributed by atoms with Crippen LogP contribution in [0.4, 0.5) is 0 Å². The van der Waals surface area contributed by atoms with Crippen LogP contribution in [0.1, 0.15) is 21.6 Å². The Bertz CT molecular complexity index is 811. The van der Waals surface area contributed by atoms with E-state index >= 15 is 0 Å². The molecule has 2 aromatic carbocycles. The molecule has 0 radical (unpaired) electrons. The molecule has 1 N–H and O–H groups in total. The van der Waals surface area contributed by atoms with Gasteiger partial charge in [-0.3, -0.25) is 4.79 Å². The molecule has 0 aliphatic carbocycles. The predicted molar refractivity (Wildman–Crippen MR) is 80.8 cm³/mol. The molecule has 3 nitrogen and oxygen atoms in total. The number of H-pyrrole nitrogens is 1. The van der Waals surface area contributed by atoms with Crippen LogP contribution in [-0.2, 0) is 0 Å². The van der Waals surface area contributed by atoms with Crippen LogP contribution in [0.3, 0.4) is 0 Å². The summed E-state index contributed by atoms with van der Waals surface area (Å²) in [6.07, 6.45) is 0. The van der Waals surface area contributed by atoms with Crippen molar-refractivity contribution in [2.45, 2.75) is 0 Å². The molecule has 0 spiro atoms. The Morgan fingerprint density at radius 2 is 1.57 bits per heavy atom. The second-order valence-electron chi connectivity index (χ2n) is 4.64. The number of aromatic nitrogens is 1. The van der Waals surface area contributed by atoms with E-state index in [2.05, 4.69) is 11.1 Å². The van der Waals surface area contributed by atoms with E-state index in [1.807, 2.05) is 48.5 Å². The van der Waals surface area contributed by atoms with Crippen molar-refractivity contribution in [3.05, 3.63) is 83.6 Å². The molecule has 1 aromatic heterocycles. The summed E-state index contributed by atoms with van der Waals surface area (Å²) in [4.78, 5) is 15.5. The van der Waals surface area contributed by atoms with Crippen molar-refractivity contribution in [3.8, 4) is 17.3 Å². The molecule has 0 unspecified atom stereocenters. The van der Waals surface area contributed by atoms with E-state index in [1.165, 1.54) is 0 Å². The number of hydrogen-bond donors (Lipinski definition) is 1. The Hall–Kier alpha value is -3.12. The topological polar surface area (TPSA) is 56.6 Å². The largest absolute Gasteiger partial charge is 0.351 e. The molecule has 21 heavy (non-hydrogen) atoms. The number of carbonyl (C=O) groups excluding carboxylic acids is 1. The number of nitrogens with one attached hydrogen (secondary N) is 1. The highest BCUT2D eigenvalue weighted by Crippen LogP contribution is 2.24. The summed E-state index contributed by atoms with van der Waals surface area (Å²) < 4.78 is 0. The summed E-state index contributed by atoms with van der Waals surface area (Å²) in [5, 5.41) is 9.26. The Labute approximate surface area is 122 Å². The number of aromatic amines is 1. The van der Waals surface area contributed by atoms with E-state index in [0.29, 0.717) is 22.5 Å². The average Bonchev–Trinajstić information content (AvgIpc) is 3.00. The summed E-state index contributed by atoms with van der Waals surface area (Å²) in [5.41, 5.74) is 3.07. The highest BCUT2D eigenvalue weighted by molar-refractivity contribution is 6.08. The molecule has 0 aliphatic rings. The zero-order valence-corrected chi connectivity index (χ0v) is 11.2. The van der Waals surface area contributed by atoms with Crippen molar-refractivity contribution in [2.75, 3.05) is 0 Å². The van der Waals surface area contributed by atoms with Crippen LogP contribution in [0.2, 0.25) is 0 Å². The molecule has 100 valence electrons. The van der Waals surface area contributed by atoms with E-state index < -0.39 is 0 Å². The Balaban J connectivity index is 2.05. The van der Waals surface area contributed by atoms with Crippen LogP contribution in [0, 0.1) is 11.3 Å². The van der Waals surface area contributed by atoms with Crippen molar-refractivity contribution in [2.24, 2.45) is 0 Å². The second kappa shape index (κ2) is 5.48. The number of rotatable bonds is 3. The summed E-state index contributed by atoms with van der Waals surface area (Å²) >= 11 is 0. The van der Waals surface area contributed by atoms with Crippen LogP contribution in [-0.4, -0.2) is 10.8 Å². The van der Waals surface area contributed by atoms with Gasteiger partial charge < -0.3 is 4.98 Å². The molecule has 0 saturated carbocycles. The van der Waals surface area contributed by atoms with Gasteiger partial charge in [-0.1, -0.05) is 60.7 Å². The standard InChI is InChI=1S/C18H12N2O/c19-12-15-11-16(18(21)14-9-5-2-6-10-14)20-17(15)13-7-3-1-4-8-13/h1-11,20H. The predicted octanol–water partition coefficient (Wildman–Crippen LogP) is 3.78. The molecular formula is C18H12N2O. The zero-order valence-electron chi connectivity index (χ0n) is 11.2. The molecule has 0 amide bonds. The minimum absolute atomic E-state index is 0.116. The fraction of sp³-hybridized carbons (Fsp3) is 0. The van der Waals surface area contributed by atoms with Crippen molar-refractivity contribution < 1.29 is 4.79 Å². The van der Waals surface area contributed by atoms with Crippen molar-refractivity contribution in [1.82, 2.24) is 4.98 Å². The first kappa shape index (κ1) is 12.9. The third kappa shape index (κ3) is 2.47. The Morgan fingerprint density at radius 3 is 2.19 bits per heavy atom. The molecule has 3 aromatic rings. The highest BCUT2D eigenvalue weighted by Gasteiger charge is 2.16. The quantitative estimate of drug-likeness (QED) is 0.737. The first-order chi connectivity index (χ1) is 10.3. The minimum atomic E-state index is -0.116. The summed E-state index contributed by atoms with van der Waals surface area (Å²) in [6, 6.07) is 22.3. The van der Waals surface area contributed by atoms with Crippen LogP contribution >= 0.6 is 0 Å². The van der Waals surface area contributed by atoms with E-state index in [4.69, 9.17) is 0 Å². The van der Waals surface area contributed by atoms with Crippen LogP contribution in [0.15, 0.2) is 66.7 Å². The monoisotopic (exact) mass is 272 g/mol. The van der Waals surface area contributed by atoms with Crippen LogP contribution < -0.4 is 0 Å². The Morgan fingerprint density at radius 1 is 0.952 bits per heavy atom. The SMILES string of the molecule is N#Cc1cc(C(=O)c2ccccc2)[nH]c1-c1ccccc1. The average molecular weight is 272 g/mol. The van der Waals surface area contributed by atoms with E-state index in [-0.39, 0.29) is 5.78 Å². The van der Waals surface area contributed by atoms with Crippen LogP contribution in [0.25, 0.3) is 11.3 Å². The smallest absolute Gasteiger partial charge is 0.209 e. The molecular weight excluding hydrogens is 260 g/mol. The third-order valence-electron chi connectivity index (χ3n) is 3.28. The number of ketones is 1. The summed E-state index contributed by atoms with van der Waals surface area (Å²) in [7, 11) is 0. The maximum atomic E-state index is 12.4. The highest BCUT2D eigenvalue weighted by atomic mass is 16.1. The van der Waals surface area contributed by atoms with Gasteiger partial charge in [0.05, 0.1) is 17.0 Å². The van der Waals surface area contributed by atoms with E-state index in [1.54, 1.807) is 18.2 Å². The van der Waals surface area contributed by atoms with Gasteiger partial charge in [0.2, 0.25) is 5.78 Å². The normalized spacial score (nSPS) is 10.0. The van der Waals surface area contributed by atoms with Crippen LogP contribution in [0.5, 0.6) is 0 Å². The molecule has 3 heteroatoms. The van der Waals surface area contributed by atoms with Gasteiger partial charge in [-0.15, -0.1) is 0 Å². The van der Waals surface area contributed by atoms with Gasteiger partial charge in [-0.2, -0.15) is 5.26 Å². The fourth-order valence-corrected chi connectivity index (χ4v) is 2.24. The molecule has 0 saturated heterocycles. The lowest BCUT2D eigenvalue weighted by atomic mass is 10.1. The summed E-state index contributed by atoms with van der Waals surface area (Å²) in [6.45, 7) is 0. The van der Waals surface area contributed by atoms with Crippen molar-refractivity contribution in [3.63, 3.8) is 0 Å². The van der Waals surface area contributed by atoms with Crippen molar-refractivity contribution >= 4 is 5.78 Å². The van der Waals surface area contributed by atoms with Gasteiger partial charge >= 0.3 is 0 Å². The van der Waals surface area contributed by atoms with Gasteiger partial charge in [-0.25, -0.2) is 0 Å². The lowest BCUT2D eigenvalue weighted by molar-refractivity contribution is 0.103. The van der Waals surface area contributed by atoms with Gasteiger partial charge in [0.25, 0.3) is 0 Å². The minimum Gasteiger partial charge on any atom is -0.351 e. The molecule has 0 atom stereocenters. The first-order valence-corrected chi connectivity index (χ1v) is 6.58. The number of nitriles is 1. The maximum absolute atomic E-state index is 12.4. The van der Waals surface area contributed by atoms with E-state index in [0.717, 1.165) is 5.56 Å². The molecule has 1 heterocycles. The Kier molecular flexibility index (Phi) is 3.36. The van der Waals surface area contributed by atoms with Gasteiger partial charge in [0, 0.05) is 5.56 Å². The van der Waals surface area contributed by atoms with Gasteiger partial charge in [-0.05, 0) is 11.6 Å². The number of benzene rings is 2. The first-order valence-electron chi connectivity index (χ1n) is 6.58. The molecule has 0 aliphatic heterocycles. The number of carbonyl (C=O) groups is 1. The number of hydrogen-bond acceptors (Lipinski definition) is 2. The zero-order chi connectivity index (χ0) is 14.7. The molecule has 0 bridgehead atoms. The van der Waals surface area contributed by atoms with E-state index in [9.17, 15) is 10.1 Å². The molecule has 3 rings (SSSR count). The summed E-state index contributed by atoms with van der Waals surface area (Å²) in [5.74, 6) is -0.116. The number of nitrogens with zero attached hydrogens (tertiary/aromatic N) is 1. The maximum Gasteiger partial charge on any atom is 0.209 e. The third-order valence-corrected chi connectivity index (χ3v) is 3.28. The lowest BCUT2D eigenvalue weighted by Crippen LogP contribution is -2.01.